The zero-order chi connectivity index (χ0) is 24.3. The number of rotatable bonds is 10. The number of nitrogens with one attached hydrogen (secondary N) is 1. The lowest BCUT2D eigenvalue weighted by Gasteiger charge is -2.18. The highest BCUT2D eigenvalue weighted by Crippen LogP contribution is 2.23. The fourth-order valence-corrected chi connectivity index (χ4v) is 2.45. The highest BCUT2D eigenvalue weighted by Gasteiger charge is 2.15. The molecule has 0 fully saturated rings. The van der Waals surface area contributed by atoms with E-state index in [1.807, 2.05) is 13.1 Å². The SMILES string of the molecule is CNCc1cc(OCc2cc(F)ccc2F)n(CCC(C)(C)C)n1.O=C(O)CCC(=O)O. The van der Waals surface area contributed by atoms with Crippen molar-refractivity contribution >= 4 is 11.9 Å². The molecule has 0 bridgehead atoms. The van der Waals surface area contributed by atoms with Crippen LogP contribution in [0.5, 0.6) is 5.88 Å². The van der Waals surface area contributed by atoms with Crippen LogP contribution in [-0.4, -0.2) is 39.0 Å². The summed E-state index contributed by atoms with van der Waals surface area (Å²) < 4.78 is 34.5. The lowest BCUT2D eigenvalue weighted by Crippen LogP contribution is -2.13. The van der Waals surface area contributed by atoms with Gasteiger partial charge in [0.15, 0.2) is 0 Å². The topological polar surface area (TPSA) is 114 Å². The molecule has 1 aromatic heterocycles. The van der Waals surface area contributed by atoms with E-state index >= 15 is 0 Å². The van der Waals surface area contributed by atoms with Gasteiger partial charge in [-0.3, -0.25) is 9.59 Å². The van der Waals surface area contributed by atoms with Crippen molar-refractivity contribution in [2.45, 2.75) is 59.7 Å². The third-order valence-electron chi connectivity index (χ3n) is 4.16. The molecule has 2 rings (SSSR count). The third-order valence-corrected chi connectivity index (χ3v) is 4.16. The van der Waals surface area contributed by atoms with E-state index in [0.29, 0.717) is 19.0 Å². The van der Waals surface area contributed by atoms with Gasteiger partial charge in [-0.15, -0.1) is 0 Å². The van der Waals surface area contributed by atoms with Crippen LogP contribution in [0.3, 0.4) is 0 Å². The van der Waals surface area contributed by atoms with E-state index < -0.39 is 23.6 Å². The molecule has 178 valence electrons. The van der Waals surface area contributed by atoms with Crippen LogP contribution in [0.15, 0.2) is 24.3 Å². The molecule has 1 heterocycles. The molecule has 3 N–H and O–H groups in total. The van der Waals surface area contributed by atoms with Gasteiger partial charge < -0.3 is 20.3 Å². The van der Waals surface area contributed by atoms with Crippen LogP contribution in [0.25, 0.3) is 0 Å². The summed E-state index contributed by atoms with van der Waals surface area (Å²) in [5, 5.41) is 23.4. The summed E-state index contributed by atoms with van der Waals surface area (Å²) in [6, 6.07) is 5.19. The summed E-state index contributed by atoms with van der Waals surface area (Å²) >= 11 is 0. The number of aryl methyl sites for hydroxylation is 1. The van der Waals surface area contributed by atoms with Gasteiger partial charge in [-0.1, -0.05) is 20.8 Å². The zero-order valence-electron chi connectivity index (χ0n) is 18.8. The average molecular weight is 456 g/mol. The minimum absolute atomic E-state index is 0.0379. The first-order valence-electron chi connectivity index (χ1n) is 10.1. The Bertz CT molecular complexity index is 880. The van der Waals surface area contributed by atoms with Gasteiger partial charge in [0.2, 0.25) is 5.88 Å². The normalized spacial score (nSPS) is 10.9. The summed E-state index contributed by atoms with van der Waals surface area (Å²) in [5.41, 5.74) is 1.20. The lowest BCUT2D eigenvalue weighted by atomic mass is 9.92. The van der Waals surface area contributed by atoms with Crippen molar-refractivity contribution in [2.75, 3.05) is 7.05 Å². The van der Waals surface area contributed by atoms with Gasteiger partial charge in [-0.2, -0.15) is 5.10 Å². The predicted molar refractivity (Wildman–Crippen MR) is 114 cm³/mol. The maximum absolute atomic E-state index is 13.7. The molecule has 0 amide bonds. The molecule has 1 aromatic carbocycles. The Hall–Kier alpha value is -3.01. The van der Waals surface area contributed by atoms with Crippen molar-refractivity contribution in [2.24, 2.45) is 5.41 Å². The number of benzene rings is 1. The average Bonchev–Trinajstić information content (AvgIpc) is 3.07. The summed E-state index contributed by atoms with van der Waals surface area (Å²) in [4.78, 5) is 19.3. The second kappa shape index (κ2) is 12.7. The van der Waals surface area contributed by atoms with E-state index in [1.54, 1.807) is 4.68 Å². The van der Waals surface area contributed by atoms with E-state index in [1.165, 1.54) is 0 Å². The molecule has 0 atom stereocenters. The molecular weight excluding hydrogens is 424 g/mol. The van der Waals surface area contributed by atoms with Gasteiger partial charge in [0.25, 0.3) is 0 Å². The van der Waals surface area contributed by atoms with Crippen molar-refractivity contribution in [1.82, 2.24) is 15.1 Å². The maximum atomic E-state index is 13.7. The van der Waals surface area contributed by atoms with Gasteiger partial charge in [0, 0.05) is 24.7 Å². The number of hydrogen-bond donors (Lipinski definition) is 3. The van der Waals surface area contributed by atoms with Gasteiger partial charge in [0.1, 0.15) is 18.2 Å². The number of aromatic nitrogens is 2. The Morgan fingerprint density at radius 1 is 1.12 bits per heavy atom. The van der Waals surface area contributed by atoms with Crippen LogP contribution in [0.4, 0.5) is 8.78 Å². The Morgan fingerprint density at radius 2 is 1.75 bits per heavy atom. The minimum Gasteiger partial charge on any atom is -0.481 e. The molecule has 0 aliphatic carbocycles. The molecule has 2 aromatic rings. The van der Waals surface area contributed by atoms with Crippen molar-refractivity contribution in [1.29, 1.82) is 0 Å². The fourth-order valence-electron chi connectivity index (χ4n) is 2.45. The molecule has 0 aliphatic heterocycles. The first-order chi connectivity index (χ1) is 14.9. The number of carbonyl (C=O) groups is 2. The highest BCUT2D eigenvalue weighted by molar-refractivity contribution is 5.75. The van der Waals surface area contributed by atoms with Crippen molar-refractivity contribution in [3.8, 4) is 5.88 Å². The fraction of sp³-hybridized carbons (Fsp3) is 0.500. The van der Waals surface area contributed by atoms with Gasteiger partial charge in [-0.05, 0) is 37.1 Å². The Balaban J connectivity index is 0.000000547. The molecule has 8 nitrogen and oxygen atoms in total. The van der Waals surface area contributed by atoms with Crippen LogP contribution in [0.1, 0.15) is 51.3 Å². The van der Waals surface area contributed by atoms with Crippen LogP contribution >= 0.6 is 0 Å². The summed E-state index contributed by atoms with van der Waals surface area (Å²) in [6.07, 6.45) is 0.336. The smallest absolute Gasteiger partial charge is 0.303 e. The van der Waals surface area contributed by atoms with Gasteiger partial charge in [0.05, 0.1) is 18.5 Å². The summed E-state index contributed by atoms with van der Waals surface area (Å²) in [5.74, 6) is -2.55. The van der Waals surface area contributed by atoms with Crippen LogP contribution in [0, 0.1) is 17.0 Å². The molecule has 10 heteroatoms. The number of carboxylic acid groups (broad SMARTS) is 2. The first-order valence-corrected chi connectivity index (χ1v) is 10.1. The second-order valence-electron chi connectivity index (χ2n) is 8.35. The van der Waals surface area contributed by atoms with Crippen molar-refractivity contribution in [3.63, 3.8) is 0 Å². The quantitative estimate of drug-likeness (QED) is 0.499. The number of ether oxygens (including phenoxy) is 1. The van der Waals surface area contributed by atoms with E-state index in [2.05, 4.69) is 31.2 Å². The van der Waals surface area contributed by atoms with Crippen molar-refractivity contribution in [3.05, 3.63) is 47.2 Å². The monoisotopic (exact) mass is 455 g/mol. The van der Waals surface area contributed by atoms with E-state index in [0.717, 1.165) is 30.3 Å². The van der Waals surface area contributed by atoms with Gasteiger partial charge >= 0.3 is 11.9 Å². The summed E-state index contributed by atoms with van der Waals surface area (Å²) in [6.45, 7) is 7.76. The van der Waals surface area contributed by atoms with Crippen LogP contribution in [-0.2, 0) is 29.3 Å². The van der Waals surface area contributed by atoms with Crippen LogP contribution < -0.4 is 10.1 Å². The molecule has 32 heavy (non-hydrogen) atoms. The maximum Gasteiger partial charge on any atom is 0.303 e. The number of halogens is 2. The molecule has 0 saturated carbocycles. The number of aliphatic carboxylic acids is 2. The van der Waals surface area contributed by atoms with E-state index in [9.17, 15) is 18.4 Å². The predicted octanol–water partition coefficient (Wildman–Crippen LogP) is 3.83. The molecule has 0 radical (unpaired) electrons. The molecule has 0 spiro atoms. The second-order valence-corrected chi connectivity index (χ2v) is 8.35. The molecule has 0 unspecified atom stereocenters. The number of nitrogens with zero attached hydrogens (tertiary/aromatic N) is 2. The van der Waals surface area contributed by atoms with E-state index in [-0.39, 0.29) is 30.4 Å². The van der Waals surface area contributed by atoms with Crippen LogP contribution in [0.2, 0.25) is 0 Å². The molecular formula is C22H31F2N3O5. The Morgan fingerprint density at radius 3 is 2.28 bits per heavy atom. The Labute approximate surface area is 186 Å². The largest absolute Gasteiger partial charge is 0.481 e. The number of hydrogen-bond acceptors (Lipinski definition) is 5. The minimum atomic E-state index is -1.08. The third kappa shape index (κ3) is 10.9. The molecule has 0 aliphatic rings. The van der Waals surface area contributed by atoms with E-state index in [4.69, 9.17) is 14.9 Å². The van der Waals surface area contributed by atoms with Gasteiger partial charge in [-0.25, -0.2) is 13.5 Å². The summed E-state index contributed by atoms with van der Waals surface area (Å²) in [7, 11) is 1.84. The highest BCUT2D eigenvalue weighted by atomic mass is 19.1. The standard InChI is InChI=1S/C18H25F2N3O.C4H6O4/c1-18(2,3)7-8-23-17(10-15(22-23)11-21-4)24-12-13-9-14(19)5-6-16(13)20;5-3(6)1-2-4(7)8/h5-6,9-10,21H,7-8,11-12H2,1-4H3;1-2H2,(H,5,6)(H,7,8). The Kier molecular flexibility index (Phi) is 10.8. The number of carboxylic acids is 2. The molecule has 0 saturated heterocycles. The first kappa shape index (κ1) is 27.0. The van der Waals surface area contributed by atoms with Crippen molar-refractivity contribution < 1.29 is 33.3 Å². The lowest BCUT2D eigenvalue weighted by molar-refractivity contribution is -0.143. The zero-order valence-corrected chi connectivity index (χ0v) is 18.8.